The number of carbonyl (C=O) groups excluding carboxylic acids is 2. The van der Waals surface area contributed by atoms with Crippen molar-refractivity contribution in [2.45, 2.75) is 19.4 Å². The van der Waals surface area contributed by atoms with Gasteiger partial charge in [0, 0.05) is 5.02 Å². The van der Waals surface area contributed by atoms with Crippen molar-refractivity contribution in [2.24, 2.45) is 0 Å². The van der Waals surface area contributed by atoms with Crippen molar-refractivity contribution in [2.75, 3.05) is 11.9 Å². The van der Waals surface area contributed by atoms with Gasteiger partial charge in [0.1, 0.15) is 11.6 Å². The molecule has 1 amide bonds. The summed E-state index contributed by atoms with van der Waals surface area (Å²) in [5.41, 5.74) is -0.0373. The van der Waals surface area contributed by atoms with Crippen molar-refractivity contribution in [3.8, 4) is 5.75 Å². The highest BCUT2D eigenvalue weighted by Crippen LogP contribution is 2.19. The molecule has 25 heavy (non-hydrogen) atoms. The normalized spacial score (nSPS) is 11.5. The minimum absolute atomic E-state index is 0.0121. The van der Waals surface area contributed by atoms with Gasteiger partial charge >= 0.3 is 5.97 Å². The molecule has 1 atom stereocenters. The van der Waals surface area contributed by atoms with E-state index >= 15 is 0 Å². The number of ether oxygens (including phenoxy) is 2. The smallest absolute Gasteiger partial charge is 0.310 e. The van der Waals surface area contributed by atoms with Crippen LogP contribution in [-0.2, 0) is 14.3 Å². The minimum Gasteiger partial charge on any atom is -0.493 e. The number of anilines is 1. The Morgan fingerprint density at radius 1 is 1.20 bits per heavy atom. The highest BCUT2D eigenvalue weighted by molar-refractivity contribution is 6.30. The molecule has 0 radical (unpaired) electrons. The molecule has 0 saturated heterocycles. The molecule has 0 aliphatic carbocycles. The zero-order valence-corrected chi connectivity index (χ0v) is 14.3. The number of hydrogen-bond acceptors (Lipinski definition) is 4. The van der Waals surface area contributed by atoms with Crippen LogP contribution in [0.15, 0.2) is 48.5 Å². The Bertz CT molecular complexity index is 739. The second-order valence-electron chi connectivity index (χ2n) is 5.16. The van der Waals surface area contributed by atoms with Crippen LogP contribution in [0.1, 0.15) is 13.3 Å². The van der Waals surface area contributed by atoms with Gasteiger partial charge in [0.15, 0.2) is 6.10 Å². The topological polar surface area (TPSA) is 64.6 Å². The fraction of sp³-hybridized carbons (Fsp3) is 0.222. The standard InChI is InChI=1S/C18H17ClFNO4/c1-12(18(23)21-16-8-7-13(19)11-15(16)20)25-17(22)9-10-24-14-5-3-2-4-6-14/h2-8,11-12H,9-10H2,1H3,(H,21,23). The summed E-state index contributed by atoms with van der Waals surface area (Å²) in [6.07, 6.45) is -1.08. The number of carbonyl (C=O) groups is 2. The fourth-order valence-electron chi connectivity index (χ4n) is 1.90. The maximum Gasteiger partial charge on any atom is 0.310 e. The van der Waals surface area contributed by atoms with Crippen molar-refractivity contribution < 1.29 is 23.5 Å². The van der Waals surface area contributed by atoms with E-state index < -0.39 is 23.8 Å². The largest absolute Gasteiger partial charge is 0.493 e. The number of esters is 1. The molecule has 0 fully saturated rings. The predicted octanol–water partition coefficient (Wildman–Crippen LogP) is 3.82. The third-order valence-corrected chi connectivity index (χ3v) is 3.42. The summed E-state index contributed by atoms with van der Waals surface area (Å²) >= 11 is 5.64. The van der Waals surface area contributed by atoms with Gasteiger partial charge < -0.3 is 14.8 Å². The van der Waals surface area contributed by atoms with E-state index in [0.717, 1.165) is 6.07 Å². The van der Waals surface area contributed by atoms with Crippen LogP contribution in [0.25, 0.3) is 0 Å². The Hall–Kier alpha value is -2.60. The van der Waals surface area contributed by atoms with Crippen LogP contribution in [-0.4, -0.2) is 24.6 Å². The molecule has 132 valence electrons. The first-order valence-corrected chi connectivity index (χ1v) is 7.97. The lowest BCUT2D eigenvalue weighted by Crippen LogP contribution is -2.30. The summed E-state index contributed by atoms with van der Waals surface area (Å²) in [4.78, 5) is 23.7. The Balaban J connectivity index is 1.77. The number of hydrogen-bond donors (Lipinski definition) is 1. The van der Waals surface area contributed by atoms with Crippen LogP contribution in [0.5, 0.6) is 5.75 Å². The molecule has 5 nitrogen and oxygen atoms in total. The second-order valence-corrected chi connectivity index (χ2v) is 5.59. The van der Waals surface area contributed by atoms with E-state index in [2.05, 4.69) is 5.32 Å². The van der Waals surface area contributed by atoms with Crippen molar-refractivity contribution in [1.82, 2.24) is 0 Å². The van der Waals surface area contributed by atoms with Crippen LogP contribution in [0.2, 0.25) is 5.02 Å². The van der Waals surface area contributed by atoms with Gasteiger partial charge in [0.25, 0.3) is 5.91 Å². The molecule has 0 saturated carbocycles. The van der Waals surface area contributed by atoms with Gasteiger partial charge in [-0.1, -0.05) is 29.8 Å². The first-order valence-electron chi connectivity index (χ1n) is 7.59. The summed E-state index contributed by atoms with van der Waals surface area (Å²) < 4.78 is 24.0. The van der Waals surface area contributed by atoms with Gasteiger partial charge in [-0.25, -0.2) is 4.39 Å². The quantitative estimate of drug-likeness (QED) is 0.757. The lowest BCUT2D eigenvalue weighted by atomic mass is 10.3. The lowest BCUT2D eigenvalue weighted by Gasteiger charge is -2.14. The van der Waals surface area contributed by atoms with Crippen LogP contribution < -0.4 is 10.1 Å². The zero-order chi connectivity index (χ0) is 18.2. The SMILES string of the molecule is CC(OC(=O)CCOc1ccccc1)C(=O)Nc1ccc(Cl)cc1F. The minimum atomic E-state index is -1.07. The van der Waals surface area contributed by atoms with Gasteiger partial charge in [-0.3, -0.25) is 9.59 Å². The first kappa shape index (κ1) is 18.7. The van der Waals surface area contributed by atoms with Gasteiger partial charge in [-0.05, 0) is 37.3 Å². The third kappa shape index (κ3) is 6.08. The van der Waals surface area contributed by atoms with E-state index in [0.29, 0.717) is 5.75 Å². The maximum absolute atomic E-state index is 13.6. The molecule has 0 aromatic heterocycles. The Morgan fingerprint density at radius 3 is 2.60 bits per heavy atom. The number of halogens is 2. The van der Waals surface area contributed by atoms with Crippen molar-refractivity contribution >= 4 is 29.2 Å². The number of para-hydroxylation sites is 1. The van der Waals surface area contributed by atoms with E-state index in [4.69, 9.17) is 21.1 Å². The second kappa shape index (κ2) is 9.03. The molecule has 2 aromatic rings. The highest BCUT2D eigenvalue weighted by atomic mass is 35.5. The van der Waals surface area contributed by atoms with Gasteiger partial charge in [0.2, 0.25) is 0 Å². The van der Waals surface area contributed by atoms with Gasteiger partial charge in [0.05, 0.1) is 18.7 Å². The molecule has 1 unspecified atom stereocenters. The molecule has 0 aliphatic rings. The highest BCUT2D eigenvalue weighted by Gasteiger charge is 2.19. The Kier molecular flexibility index (Phi) is 6.77. The van der Waals surface area contributed by atoms with E-state index in [-0.39, 0.29) is 23.7 Å². The van der Waals surface area contributed by atoms with Gasteiger partial charge in [-0.2, -0.15) is 0 Å². The van der Waals surface area contributed by atoms with E-state index in [9.17, 15) is 14.0 Å². The van der Waals surface area contributed by atoms with Crippen molar-refractivity contribution in [3.05, 3.63) is 59.4 Å². The average Bonchev–Trinajstić information content (AvgIpc) is 2.58. The van der Waals surface area contributed by atoms with E-state index in [1.165, 1.54) is 19.1 Å². The molecular formula is C18H17ClFNO4. The maximum atomic E-state index is 13.6. The molecule has 2 aromatic carbocycles. The summed E-state index contributed by atoms with van der Waals surface area (Å²) in [6, 6.07) is 12.9. The van der Waals surface area contributed by atoms with Crippen molar-refractivity contribution in [1.29, 1.82) is 0 Å². The molecule has 1 N–H and O–H groups in total. The molecule has 0 heterocycles. The molecule has 0 bridgehead atoms. The zero-order valence-electron chi connectivity index (χ0n) is 13.5. The van der Waals surface area contributed by atoms with Crippen LogP contribution in [0, 0.1) is 5.82 Å². The summed E-state index contributed by atoms with van der Waals surface area (Å²) in [5.74, 6) is -1.26. The lowest BCUT2D eigenvalue weighted by molar-refractivity contribution is -0.153. The molecule has 0 spiro atoms. The summed E-state index contributed by atoms with van der Waals surface area (Å²) in [5, 5.41) is 2.56. The van der Waals surface area contributed by atoms with E-state index in [1.54, 1.807) is 12.1 Å². The number of nitrogens with one attached hydrogen (secondary N) is 1. The first-order chi connectivity index (χ1) is 12.0. The number of rotatable bonds is 7. The average molecular weight is 366 g/mol. The Labute approximate surface area is 149 Å². The predicted molar refractivity (Wildman–Crippen MR) is 92.1 cm³/mol. The summed E-state index contributed by atoms with van der Waals surface area (Å²) in [7, 11) is 0. The van der Waals surface area contributed by atoms with Crippen LogP contribution >= 0.6 is 11.6 Å². The third-order valence-electron chi connectivity index (χ3n) is 3.18. The molecular weight excluding hydrogens is 349 g/mol. The fourth-order valence-corrected chi connectivity index (χ4v) is 2.06. The number of amides is 1. The molecule has 0 aliphatic heterocycles. The van der Waals surface area contributed by atoms with E-state index in [1.807, 2.05) is 18.2 Å². The monoisotopic (exact) mass is 365 g/mol. The van der Waals surface area contributed by atoms with Crippen molar-refractivity contribution in [3.63, 3.8) is 0 Å². The van der Waals surface area contributed by atoms with Gasteiger partial charge in [-0.15, -0.1) is 0 Å². The number of benzene rings is 2. The Morgan fingerprint density at radius 2 is 1.92 bits per heavy atom. The summed E-state index contributed by atoms with van der Waals surface area (Å²) in [6.45, 7) is 1.53. The van der Waals surface area contributed by atoms with Crippen LogP contribution in [0.4, 0.5) is 10.1 Å². The molecule has 2 rings (SSSR count). The molecule has 7 heteroatoms. The van der Waals surface area contributed by atoms with Crippen LogP contribution in [0.3, 0.4) is 0 Å².